The van der Waals surface area contributed by atoms with Gasteiger partial charge in [-0.3, -0.25) is 9.59 Å². The average Bonchev–Trinajstić information content (AvgIpc) is 2.15. The topological polar surface area (TPSA) is 190 Å². The van der Waals surface area contributed by atoms with E-state index in [0.717, 1.165) is 13.8 Å². The summed E-state index contributed by atoms with van der Waals surface area (Å²) < 4.78 is 0. The molecule has 10 heteroatoms. The summed E-state index contributed by atoms with van der Waals surface area (Å²) in [6, 6.07) is 0. The lowest BCUT2D eigenvalue weighted by Gasteiger charge is -1.89. The van der Waals surface area contributed by atoms with Crippen LogP contribution in [-0.4, -0.2) is 66.7 Å². The maximum atomic E-state index is 9.45. The largest absolute Gasteiger partial charge is 0.481 e. The Kier molecular flexibility index (Phi) is 22.2. The molecule has 0 aromatic rings. The van der Waals surface area contributed by atoms with Crippen LogP contribution < -0.4 is 0 Å². The third-order valence-corrected chi connectivity index (χ3v) is 0.715. The molecule has 0 aliphatic carbocycles. The van der Waals surface area contributed by atoms with Crippen molar-refractivity contribution in [3.63, 3.8) is 0 Å². The van der Waals surface area contributed by atoms with Crippen molar-refractivity contribution in [3.8, 4) is 0 Å². The van der Waals surface area contributed by atoms with Crippen LogP contribution in [0, 0.1) is 0 Å². The monoisotopic (exact) mass is 300 g/mol. The molecule has 0 amide bonds. The summed E-state index contributed by atoms with van der Waals surface area (Å²) in [5.41, 5.74) is 0. The summed E-state index contributed by atoms with van der Waals surface area (Å²) in [6.45, 7) is 4.56. The molecule has 2 atom stereocenters. The van der Waals surface area contributed by atoms with Crippen molar-refractivity contribution in [2.75, 3.05) is 0 Å². The Morgan fingerprint density at radius 2 is 0.700 bits per heavy atom. The van der Waals surface area contributed by atoms with Gasteiger partial charge in [0.2, 0.25) is 0 Å². The van der Waals surface area contributed by atoms with Crippen LogP contribution in [0.4, 0.5) is 0 Å². The maximum Gasteiger partial charge on any atom is 0.332 e. The Labute approximate surface area is 114 Å². The van der Waals surface area contributed by atoms with Gasteiger partial charge in [-0.2, -0.15) is 0 Å². The van der Waals surface area contributed by atoms with E-state index < -0.39 is 36.1 Å². The second-order valence-electron chi connectivity index (χ2n) is 3.07. The van der Waals surface area contributed by atoms with E-state index in [1.807, 2.05) is 0 Å². The number of aliphatic carboxylic acids is 4. The van der Waals surface area contributed by atoms with E-state index in [2.05, 4.69) is 0 Å². The summed E-state index contributed by atoms with van der Waals surface area (Å²) in [6.07, 6.45) is -2.46. The van der Waals surface area contributed by atoms with E-state index in [0.29, 0.717) is 0 Å². The summed E-state index contributed by atoms with van der Waals surface area (Å²) in [5.74, 6) is -4.04. The van der Waals surface area contributed by atoms with Crippen LogP contribution in [0.5, 0.6) is 0 Å². The molecule has 120 valence electrons. The van der Waals surface area contributed by atoms with Crippen LogP contribution in [0.15, 0.2) is 0 Å². The Balaban J connectivity index is -0.0000000871. The number of rotatable bonds is 2. The smallest absolute Gasteiger partial charge is 0.332 e. The fourth-order valence-electron chi connectivity index (χ4n) is 0. The van der Waals surface area contributed by atoms with Crippen LogP contribution in [-0.2, 0) is 19.2 Å². The molecule has 0 fully saturated rings. The Bertz CT molecular complexity index is 256. The van der Waals surface area contributed by atoms with Crippen LogP contribution in [0.2, 0.25) is 0 Å². The zero-order chi connectivity index (χ0) is 17.5. The maximum absolute atomic E-state index is 9.45. The van der Waals surface area contributed by atoms with Crippen molar-refractivity contribution in [1.29, 1.82) is 0 Å². The van der Waals surface area contributed by atoms with Gasteiger partial charge in [-0.25, -0.2) is 9.59 Å². The van der Waals surface area contributed by atoms with E-state index >= 15 is 0 Å². The fraction of sp³-hybridized carbons (Fsp3) is 0.600. The van der Waals surface area contributed by atoms with E-state index in [1.54, 1.807) is 0 Å². The van der Waals surface area contributed by atoms with Crippen molar-refractivity contribution < 1.29 is 49.8 Å². The first kappa shape index (κ1) is 26.4. The molecule has 0 radical (unpaired) electrons. The van der Waals surface area contributed by atoms with Gasteiger partial charge in [0.15, 0.2) is 0 Å². The summed E-state index contributed by atoms with van der Waals surface area (Å²) in [7, 11) is 0. The zero-order valence-electron chi connectivity index (χ0n) is 11.5. The molecular formula is C10H20O10. The third kappa shape index (κ3) is 103. The van der Waals surface area contributed by atoms with E-state index in [-0.39, 0.29) is 0 Å². The lowest BCUT2D eigenvalue weighted by Crippen LogP contribution is -2.13. The SMILES string of the molecule is CC(=O)O.CC(=O)O.CC(O)C(=O)O.CC(O)C(=O)O. The number of hydrogen-bond donors (Lipinski definition) is 6. The standard InChI is InChI=1S/2C3H6O3.2C2H4O2/c2*1-2(4)3(5)6;2*1-2(3)4/h2*2,4H,1H3,(H,5,6);2*1H3,(H,3,4). The van der Waals surface area contributed by atoms with E-state index in [4.69, 9.17) is 40.2 Å². The van der Waals surface area contributed by atoms with Crippen molar-refractivity contribution in [3.05, 3.63) is 0 Å². The third-order valence-electron chi connectivity index (χ3n) is 0.715. The molecule has 0 heterocycles. The first-order chi connectivity index (χ1) is 8.75. The Hall–Kier alpha value is -2.20. The van der Waals surface area contributed by atoms with Crippen LogP contribution in [0.3, 0.4) is 0 Å². The van der Waals surface area contributed by atoms with Crippen molar-refractivity contribution in [2.24, 2.45) is 0 Å². The molecule has 0 rings (SSSR count). The highest BCUT2D eigenvalue weighted by Crippen LogP contribution is 1.73. The molecule has 0 saturated carbocycles. The summed E-state index contributed by atoms with van der Waals surface area (Å²) in [5, 5.41) is 46.4. The lowest BCUT2D eigenvalue weighted by atomic mass is 10.4. The summed E-state index contributed by atoms with van der Waals surface area (Å²) >= 11 is 0. The molecule has 0 bridgehead atoms. The molecule has 0 spiro atoms. The molecule has 0 aromatic carbocycles. The van der Waals surface area contributed by atoms with Gasteiger partial charge in [-0.05, 0) is 13.8 Å². The molecule has 6 N–H and O–H groups in total. The van der Waals surface area contributed by atoms with Gasteiger partial charge in [-0.1, -0.05) is 0 Å². The molecule has 2 unspecified atom stereocenters. The first-order valence-corrected chi connectivity index (χ1v) is 4.96. The van der Waals surface area contributed by atoms with Crippen LogP contribution in [0.25, 0.3) is 0 Å². The van der Waals surface area contributed by atoms with Crippen molar-refractivity contribution >= 4 is 23.9 Å². The Morgan fingerprint density at radius 1 is 0.650 bits per heavy atom. The highest BCUT2D eigenvalue weighted by atomic mass is 16.4. The van der Waals surface area contributed by atoms with Gasteiger partial charge in [-0.15, -0.1) is 0 Å². The summed E-state index contributed by atoms with van der Waals surface area (Å²) in [4.78, 5) is 36.9. The van der Waals surface area contributed by atoms with E-state index in [1.165, 1.54) is 13.8 Å². The second-order valence-corrected chi connectivity index (χ2v) is 3.07. The quantitative estimate of drug-likeness (QED) is 0.372. The van der Waals surface area contributed by atoms with Gasteiger partial charge in [0.25, 0.3) is 11.9 Å². The minimum absolute atomic E-state index is 0.833. The minimum Gasteiger partial charge on any atom is -0.481 e. The second kappa shape index (κ2) is 16.8. The number of carbonyl (C=O) groups is 4. The molecule has 0 aliphatic heterocycles. The van der Waals surface area contributed by atoms with E-state index in [9.17, 15) is 9.59 Å². The Morgan fingerprint density at radius 3 is 0.700 bits per heavy atom. The molecular weight excluding hydrogens is 280 g/mol. The highest BCUT2D eigenvalue weighted by Gasteiger charge is 2.01. The minimum atomic E-state index is -1.23. The van der Waals surface area contributed by atoms with Crippen LogP contribution >= 0.6 is 0 Å². The predicted molar refractivity (Wildman–Crippen MR) is 65.3 cm³/mol. The van der Waals surface area contributed by atoms with Gasteiger partial charge >= 0.3 is 11.9 Å². The molecule has 0 aliphatic rings. The van der Waals surface area contributed by atoms with Gasteiger partial charge < -0.3 is 30.6 Å². The molecule has 10 nitrogen and oxygen atoms in total. The first-order valence-electron chi connectivity index (χ1n) is 4.96. The fourth-order valence-corrected chi connectivity index (χ4v) is 0. The van der Waals surface area contributed by atoms with Crippen molar-refractivity contribution in [2.45, 2.75) is 39.9 Å². The highest BCUT2D eigenvalue weighted by molar-refractivity contribution is 5.71. The lowest BCUT2D eigenvalue weighted by molar-refractivity contribution is -0.146. The van der Waals surface area contributed by atoms with Crippen LogP contribution in [0.1, 0.15) is 27.7 Å². The number of carboxylic acids is 4. The average molecular weight is 300 g/mol. The van der Waals surface area contributed by atoms with Gasteiger partial charge in [0.05, 0.1) is 0 Å². The number of aliphatic hydroxyl groups excluding tert-OH is 2. The molecule has 0 aromatic heterocycles. The molecule has 20 heavy (non-hydrogen) atoms. The number of hydrogen-bond acceptors (Lipinski definition) is 6. The molecule has 0 saturated heterocycles. The van der Waals surface area contributed by atoms with Gasteiger partial charge in [0, 0.05) is 13.8 Å². The number of aliphatic hydroxyl groups is 2. The zero-order valence-corrected chi connectivity index (χ0v) is 11.5. The van der Waals surface area contributed by atoms with Gasteiger partial charge in [0.1, 0.15) is 12.2 Å². The normalized spacial score (nSPS) is 10.7. The van der Waals surface area contributed by atoms with Crippen molar-refractivity contribution in [1.82, 2.24) is 0 Å². The predicted octanol–water partition coefficient (Wildman–Crippen LogP) is -0.915. The number of carboxylic acid groups (broad SMARTS) is 4.